The molecule has 0 saturated carbocycles. The molecule has 0 aliphatic carbocycles. The molecule has 0 aliphatic heterocycles. The Bertz CT molecular complexity index is 176. The zero-order valence-corrected chi connectivity index (χ0v) is 11.8. The minimum Gasteiger partial charge on any atom is -0.0885 e. The van der Waals surface area contributed by atoms with Crippen molar-refractivity contribution in [2.75, 3.05) is 0 Å². The van der Waals surface area contributed by atoms with Gasteiger partial charge in [0.2, 0.25) is 0 Å². The fourth-order valence-corrected chi connectivity index (χ4v) is 1.87. The third-order valence-electron chi connectivity index (χ3n) is 2.95. The van der Waals surface area contributed by atoms with E-state index in [1.165, 1.54) is 64.2 Å². The van der Waals surface area contributed by atoms with Gasteiger partial charge in [0.25, 0.3) is 0 Å². The van der Waals surface area contributed by atoms with Crippen LogP contribution in [-0.2, 0) is 0 Å². The van der Waals surface area contributed by atoms with E-state index in [0.29, 0.717) is 0 Å². The van der Waals surface area contributed by atoms with Gasteiger partial charge in [0.1, 0.15) is 0 Å². The predicted octanol–water partition coefficient (Wildman–Crippen LogP) is 6.24. The van der Waals surface area contributed by atoms with E-state index in [9.17, 15) is 0 Å². The minimum atomic E-state index is 0.936. The van der Waals surface area contributed by atoms with Gasteiger partial charge in [-0.1, -0.05) is 63.3 Å². The van der Waals surface area contributed by atoms with Crippen LogP contribution >= 0.6 is 0 Å². The minimum absolute atomic E-state index is 0.936. The summed E-state index contributed by atoms with van der Waals surface area (Å²) in [7, 11) is 0. The molecule has 0 saturated heterocycles. The molecule has 0 rings (SSSR count). The SMILES string of the molecule is [CH2]CC=CCCCCCCCCC=CCCC. The first-order valence-corrected chi connectivity index (χ1v) is 7.51. The van der Waals surface area contributed by atoms with E-state index >= 15 is 0 Å². The van der Waals surface area contributed by atoms with Crippen LogP contribution in [0.3, 0.4) is 0 Å². The molecule has 0 heterocycles. The van der Waals surface area contributed by atoms with Crippen molar-refractivity contribution >= 4 is 0 Å². The summed E-state index contributed by atoms with van der Waals surface area (Å²) < 4.78 is 0. The van der Waals surface area contributed by atoms with Crippen molar-refractivity contribution in [2.24, 2.45) is 0 Å². The Kier molecular flexibility index (Phi) is 15.0. The Labute approximate surface area is 109 Å². The van der Waals surface area contributed by atoms with Gasteiger partial charge in [-0.05, 0) is 45.4 Å². The molecular formula is C17H31. The second kappa shape index (κ2) is 15.5. The first kappa shape index (κ1) is 16.5. The Balaban J connectivity index is 3.01. The molecule has 0 nitrogen and oxygen atoms in total. The third-order valence-corrected chi connectivity index (χ3v) is 2.95. The fourth-order valence-electron chi connectivity index (χ4n) is 1.87. The maximum atomic E-state index is 3.79. The van der Waals surface area contributed by atoms with E-state index < -0.39 is 0 Å². The summed E-state index contributed by atoms with van der Waals surface area (Å²) in [5, 5.41) is 0. The highest BCUT2D eigenvalue weighted by molar-refractivity contribution is 4.82. The molecule has 17 heavy (non-hydrogen) atoms. The number of rotatable bonds is 12. The van der Waals surface area contributed by atoms with Gasteiger partial charge >= 0.3 is 0 Å². The van der Waals surface area contributed by atoms with Crippen LogP contribution in [0.25, 0.3) is 0 Å². The Morgan fingerprint density at radius 2 is 1.12 bits per heavy atom. The van der Waals surface area contributed by atoms with Crippen molar-refractivity contribution in [1.82, 2.24) is 0 Å². The lowest BCUT2D eigenvalue weighted by Crippen LogP contribution is -1.79. The van der Waals surface area contributed by atoms with Gasteiger partial charge in [-0.15, -0.1) is 0 Å². The largest absolute Gasteiger partial charge is 0.0885 e. The molecule has 0 heteroatoms. The quantitative estimate of drug-likeness (QED) is 0.277. The first-order valence-electron chi connectivity index (χ1n) is 7.51. The summed E-state index contributed by atoms with van der Waals surface area (Å²) in [4.78, 5) is 0. The maximum Gasteiger partial charge on any atom is -0.0351 e. The molecule has 99 valence electrons. The van der Waals surface area contributed by atoms with Gasteiger partial charge in [-0.2, -0.15) is 0 Å². The highest BCUT2D eigenvalue weighted by Gasteiger charge is 1.89. The van der Waals surface area contributed by atoms with Crippen molar-refractivity contribution in [3.63, 3.8) is 0 Å². The van der Waals surface area contributed by atoms with Crippen LogP contribution in [0.5, 0.6) is 0 Å². The van der Waals surface area contributed by atoms with E-state index in [0.717, 1.165) is 6.42 Å². The summed E-state index contributed by atoms with van der Waals surface area (Å²) in [6.07, 6.45) is 23.5. The van der Waals surface area contributed by atoms with Gasteiger partial charge < -0.3 is 0 Å². The molecule has 0 fully saturated rings. The average Bonchev–Trinajstić information content (AvgIpc) is 2.35. The number of hydrogen-bond acceptors (Lipinski definition) is 0. The second-order valence-corrected chi connectivity index (χ2v) is 4.72. The Morgan fingerprint density at radius 3 is 1.65 bits per heavy atom. The summed E-state index contributed by atoms with van der Waals surface area (Å²) >= 11 is 0. The summed E-state index contributed by atoms with van der Waals surface area (Å²) in [5.41, 5.74) is 0. The lowest BCUT2D eigenvalue weighted by Gasteiger charge is -1.99. The first-order chi connectivity index (χ1) is 8.41. The van der Waals surface area contributed by atoms with E-state index in [1.807, 2.05) is 0 Å². The normalized spacial score (nSPS) is 11.9. The van der Waals surface area contributed by atoms with E-state index in [-0.39, 0.29) is 0 Å². The average molecular weight is 235 g/mol. The van der Waals surface area contributed by atoms with Gasteiger partial charge in [0, 0.05) is 0 Å². The van der Waals surface area contributed by atoms with E-state index in [4.69, 9.17) is 0 Å². The number of allylic oxidation sites excluding steroid dienone is 4. The standard InChI is InChI=1S/C17H31/c1-3-5-7-9-11-13-15-17-16-14-12-10-8-6-4-2/h5,7-8,10H,1,3-4,6,9,11-17H2,2H3. The topological polar surface area (TPSA) is 0 Å². The van der Waals surface area contributed by atoms with Gasteiger partial charge in [-0.3, -0.25) is 0 Å². The van der Waals surface area contributed by atoms with Crippen LogP contribution in [-0.4, -0.2) is 0 Å². The molecule has 0 aromatic heterocycles. The summed E-state index contributed by atoms with van der Waals surface area (Å²) in [6, 6.07) is 0. The van der Waals surface area contributed by atoms with Crippen LogP contribution in [0.4, 0.5) is 0 Å². The lowest BCUT2D eigenvalue weighted by atomic mass is 10.1. The van der Waals surface area contributed by atoms with Crippen molar-refractivity contribution in [3.8, 4) is 0 Å². The number of hydrogen-bond donors (Lipinski definition) is 0. The maximum absolute atomic E-state index is 3.79. The Morgan fingerprint density at radius 1 is 0.647 bits per heavy atom. The van der Waals surface area contributed by atoms with Crippen molar-refractivity contribution in [2.45, 2.75) is 77.6 Å². The van der Waals surface area contributed by atoms with Gasteiger partial charge in [0.05, 0.1) is 0 Å². The van der Waals surface area contributed by atoms with Crippen molar-refractivity contribution < 1.29 is 0 Å². The fraction of sp³-hybridized carbons (Fsp3) is 0.706. The van der Waals surface area contributed by atoms with Crippen LogP contribution in [0, 0.1) is 6.92 Å². The molecule has 0 amide bonds. The molecule has 0 N–H and O–H groups in total. The molecule has 0 unspecified atom stereocenters. The van der Waals surface area contributed by atoms with Crippen LogP contribution < -0.4 is 0 Å². The van der Waals surface area contributed by atoms with Crippen LogP contribution in [0.15, 0.2) is 24.3 Å². The molecular weight excluding hydrogens is 204 g/mol. The highest BCUT2D eigenvalue weighted by atomic mass is 14.0. The number of unbranched alkanes of at least 4 members (excludes halogenated alkanes) is 8. The zero-order chi connectivity index (χ0) is 12.6. The van der Waals surface area contributed by atoms with Crippen LogP contribution in [0.2, 0.25) is 0 Å². The monoisotopic (exact) mass is 235 g/mol. The molecule has 0 aromatic carbocycles. The molecule has 0 bridgehead atoms. The smallest absolute Gasteiger partial charge is 0.0351 e. The molecule has 0 aromatic rings. The van der Waals surface area contributed by atoms with Crippen LogP contribution in [0.1, 0.15) is 77.6 Å². The molecule has 1 radical (unpaired) electrons. The lowest BCUT2D eigenvalue weighted by molar-refractivity contribution is 0.599. The second-order valence-electron chi connectivity index (χ2n) is 4.72. The van der Waals surface area contributed by atoms with Crippen molar-refractivity contribution in [1.29, 1.82) is 0 Å². The predicted molar refractivity (Wildman–Crippen MR) is 80.1 cm³/mol. The van der Waals surface area contributed by atoms with Gasteiger partial charge in [0.15, 0.2) is 0 Å². The van der Waals surface area contributed by atoms with E-state index in [2.05, 4.69) is 38.2 Å². The third kappa shape index (κ3) is 15.5. The summed E-state index contributed by atoms with van der Waals surface area (Å²) in [6.45, 7) is 6.02. The zero-order valence-electron chi connectivity index (χ0n) is 11.8. The molecule has 0 aliphatic rings. The molecule has 0 atom stereocenters. The van der Waals surface area contributed by atoms with E-state index in [1.54, 1.807) is 0 Å². The van der Waals surface area contributed by atoms with Gasteiger partial charge in [-0.25, -0.2) is 0 Å². The molecule has 0 spiro atoms. The highest BCUT2D eigenvalue weighted by Crippen LogP contribution is 2.09. The summed E-state index contributed by atoms with van der Waals surface area (Å²) in [5.74, 6) is 0. The Hall–Kier alpha value is -0.520. The van der Waals surface area contributed by atoms with Crippen molar-refractivity contribution in [3.05, 3.63) is 31.2 Å².